The van der Waals surface area contributed by atoms with E-state index in [1.54, 1.807) is 0 Å². The maximum Gasteiger partial charge on any atom is 0.227 e. The molecule has 0 aromatic heterocycles. The minimum atomic E-state index is 0.118. The van der Waals surface area contributed by atoms with Crippen LogP contribution < -0.4 is 15.5 Å². The van der Waals surface area contributed by atoms with Crippen LogP contribution in [0.25, 0.3) is 0 Å². The van der Waals surface area contributed by atoms with Crippen LogP contribution in [0, 0.1) is 5.92 Å². The van der Waals surface area contributed by atoms with Crippen LogP contribution in [0.3, 0.4) is 0 Å². The Bertz CT molecular complexity index is 535. The predicted octanol–water partition coefficient (Wildman–Crippen LogP) is 1.43. The molecule has 2 aliphatic rings. The van der Waals surface area contributed by atoms with Gasteiger partial charge in [-0.05, 0) is 49.5 Å². The Balaban J connectivity index is 1.48. The van der Waals surface area contributed by atoms with Crippen molar-refractivity contribution < 1.29 is 9.59 Å². The molecule has 0 saturated carbocycles. The van der Waals surface area contributed by atoms with Crippen molar-refractivity contribution in [1.29, 1.82) is 0 Å². The Hall–Kier alpha value is -1.88. The largest absolute Gasteiger partial charge is 0.352 e. The van der Waals surface area contributed by atoms with Crippen molar-refractivity contribution in [2.24, 2.45) is 5.92 Å². The number of amides is 2. The second-order valence-corrected chi connectivity index (χ2v) is 6.16. The molecule has 2 N–H and O–H groups in total. The van der Waals surface area contributed by atoms with Crippen molar-refractivity contribution in [2.75, 3.05) is 24.5 Å². The van der Waals surface area contributed by atoms with Crippen LogP contribution in [0.15, 0.2) is 24.3 Å². The van der Waals surface area contributed by atoms with Crippen LogP contribution in [-0.4, -0.2) is 31.4 Å². The lowest BCUT2D eigenvalue weighted by Gasteiger charge is -2.16. The highest BCUT2D eigenvalue weighted by atomic mass is 16.2. The van der Waals surface area contributed by atoms with Crippen LogP contribution in [-0.2, 0) is 16.1 Å². The molecule has 0 bridgehead atoms. The fraction of sp³-hybridized carbons (Fsp3) is 0.529. The molecule has 3 rings (SSSR count). The summed E-state index contributed by atoms with van der Waals surface area (Å²) < 4.78 is 0. The third-order valence-corrected chi connectivity index (χ3v) is 4.45. The van der Waals surface area contributed by atoms with E-state index in [9.17, 15) is 9.59 Å². The van der Waals surface area contributed by atoms with Gasteiger partial charge in [0, 0.05) is 31.6 Å². The highest BCUT2D eigenvalue weighted by Crippen LogP contribution is 2.21. The molecule has 1 aromatic carbocycles. The first-order chi connectivity index (χ1) is 10.7. The van der Waals surface area contributed by atoms with Crippen LogP contribution in [0.2, 0.25) is 0 Å². The van der Waals surface area contributed by atoms with Gasteiger partial charge in [0.15, 0.2) is 0 Å². The molecule has 2 heterocycles. The summed E-state index contributed by atoms with van der Waals surface area (Å²) in [5.74, 6) is 0.794. The molecule has 0 aliphatic carbocycles. The minimum Gasteiger partial charge on any atom is -0.352 e. The summed E-state index contributed by atoms with van der Waals surface area (Å²) >= 11 is 0. The Morgan fingerprint density at radius 3 is 2.77 bits per heavy atom. The number of rotatable bonds is 5. The predicted molar refractivity (Wildman–Crippen MR) is 85.5 cm³/mol. The molecule has 2 saturated heterocycles. The van der Waals surface area contributed by atoms with Gasteiger partial charge in [-0.3, -0.25) is 9.59 Å². The van der Waals surface area contributed by atoms with Crippen molar-refractivity contribution in [3.05, 3.63) is 29.8 Å². The Labute approximate surface area is 131 Å². The van der Waals surface area contributed by atoms with Crippen molar-refractivity contribution >= 4 is 17.5 Å². The van der Waals surface area contributed by atoms with Gasteiger partial charge in [-0.15, -0.1) is 0 Å². The average molecular weight is 301 g/mol. The SMILES string of the molecule is O=C(CC1CCNC1)NCc1ccc(N2CCCC2=O)cc1. The molecule has 1 aromatic rings. The van der Waals surface area contributed by atoms with E-state index in [-0.39, 0.29) is 11.8 Å². The molecule has 0 radical (unpaired) electrons. The zero-order valence-corrected chi connectivity index (χ0v) is 12.8. The molecular weight excluding hydrogens is 278 g/mol. The maximum absolute atomic E-state index is 11.9. The smallest absolute Gasteiger partial charge is 0.227 e. The summed E-state index contributed by atoms with van der Waals surface area (Å²) in [5, 5.41) is 6.25. The third kappa shape index (κ3) is 3.65. The summed E-state index contributed by atoms with van der Waals surface area (Å²) in [7, 11) is 0. The van der Waals surface area contributed by atoms with E-state index in [2.05, 4.69) is 10.6 Å². The van der Waals surface area contributed by atoms with Gasteiger partial charge in [-0.2, -0.15) is 0 Å². The normalized spacial score (nSPS) is 21.4. The Kier molecular flexibility index (Phi) is 4.73. The second kappa shape index (κ2) is 6.92. The minimum absolute atomic E-state index is 0.118. The van der Waals surface area contributed by atoms with Crippen molar-refractivity contribution in [3.63, 3.8) is 0 Å². The molecule has 2 aliphatic heterocycles. The lowest BCUT2D eigenvalue weighted by atomic mass is 10.0. The van der Waals surface area contributed by atoms with Gasteiger partial charge < -0.3 is 15.5 Å². The zero-order valence-electron chi connectivity index (χ0n) is 12.8. The molecule has 2 fully saturated rings. The number of anilines is 1. The van der Waals surface area contributed by atoms with E-state index in [1.807, 2.05) is 29.2 Å². The lowest BCUT2D eigenvalue weighted by molar-refractivity contribution is -0.122. The van der Waals surface area contributed by atoms with E-state index < -0.39 is 0 Å². The van der Waals surface area contributed by atoms with Gasteiger partial charge in [0.1, 0.15) is 0 Å². The molecule has 118 valence electrons. The van der Waals surface area contributed by atoms with E-state index in [4.69, 9.17) is 0 Å². The van der Waals surface area contributed by atoms with Crippen molar-refractivity contribution in [1.82, 2.24) is 10.6 Å². The van der Waals surface area contributed by atoms with Gasteiger partial charge >= 0.3 is 0 Å². The second-order valence-electron chi connectivity index (χ2n) is 6.16. The molecule has 5 nitrogen and oxygen atoms in total. The fourth-order valence-corrected chi connectivity index (χ4v) is 3.14. The summed E-state index contributed by atoms with van der Waals surface area (Å²) in [4.78, 5) is 25.4. The number of nitrogens with zero attached hydrogens (tertiary/aromatic N) is 1. The van der Waals surface area contributed by atoms with Gasteiger partial charge in [0.25, 0.3) is 0 Å². The highest BCUT2D eigenvalue weighted by Gasteiger charge is 2.21. The van der Waals surface area contributed by atoms with Gasteiger partial charge in [-0.1, -0.05) is 12.1 Å². The van der Waals surface area contributed by atoms with Crippen LogP contribution in [0.1, 0.15) is 31.2 Å². The third-order valence-electron chi connectivity index (χ3n) is 4.45. The van der Waals surface area contributed by atoms with E-state index in [0.29, 0.717) is 25.3 Å². The molecule has 2 amide bonds. The molecule has 22 heavy (non-hydrogen) atoms. The first-order valence-electron chi connectivity index (χ1n) is 8.09. The highest BCUT2D eigenvalue weighted by molar-refractivity contribution is 5.95. The Morgan fingerprint density at radius 2 is 2.14 bits per heavy atom. The number of hydrogen-bond donors (Lipinski definition) is 2. The summed E-state index contributed by atoms with van der Waals surface area (Å²) in [6.07, 6.45) is 3.28. The summed E-state index contributed by atoms with van der Waals surface area (Å²) in [6.45, 7) is 3.33. The van der Waals surface area contributed by atoms with E-state index >= 15 is 0 Å². The van der Waals surface area contributed by atoms with Crippen LogP contribution >= 0.6 is 0 Å². The molecular formula is C17H23N3O2. The number of nitrogens with one attached hydrogen (secondary N) is 2. The number of carbonyl (C=O) groups excluding carboxylic acids is 2. The first kappa shape index (κ1) is 15.0. The maximum atomic E-state index is 11.9. The van der Waals surface area contributed by atoms with Gasteiger partial charge in [-0.25, -0.2) is 0 Å². The van der Waals surface area contributed by atoms with Crippen LogP contribution in [0.5, 0.6) is 0 Å². The molecule has 1 unspecified atom stereocenters. The number of hydrogen-bond acceptors (Lipinski definition) is 3. The van der Waals surface area contributed by atoms with Gasteiger partial charge in [0.05, 0.1) is 0 Å². The summed E-state index contributed by atoms with van der Waals surface area (Å²) in [5.41, 5.74) is 2.02. The van der Waals surface area contributed by atoms with Gasteiger partial charge in [0.2, 0.25) is 11.8 Å². The standard InChI is InChI=1S/C17H23N3O2/c21-16(10-14-7-8-18-11-14)19-12-13-3-5-15(6-4-13)20-9-1-2-17(20)22/h3-6,14,18H,1-2,7-12H2,(H,19,21). The first-order valence-corrected chi connectivity index (χ1v) is 8.09. The average Bonchev–Trinajstić information content (AvgIpc) is 3.17. The van der Waals surface area contributed by atoms with E-state index in [1.165, 1.54) is 0 Å². The lowest BCUT2D eigenvalue weighted by Crippen LogP contribution is -2.26. The molecule has 0 spiro atoms. The summed E-state index contributed by atoms with van der Waals surface area (Å²) in [6, 6.07) is 7.90. The monoisotopic (exact) mass is 301 g/mol. The quantitative estimate of drug-likeness (QED) is 0.865. The fourth-order valence-electron chi connectivity index (χ4n) is 3.14. The number of carbonyl (C=O) groups is 2. The number of benzene rings is 1. The van der Waals surface area contributed by atoms with Crippen LogP contribution in [0.4, 0.5) is 5.69 Å². The Morgan fingerprint density at radius 1 is 1.32 bits per heavy atom. The topological polar surface area (TPSA) is 61.4 Å². The molecule has 5 heteroatoms. The van der Waals surface area contributed by atoms with Crippen molar-refractivity contribution in [2.45, 2.75) is 32.2 Å². The molecule has 1 atom stereocenters. The zero-order chi connectivity index (χ0) is 15.4. The van der Waals surface area contributed by atoms with Crippen molar-refractivity contribution in [3.8, 4) is 0 Å². The van der Waals surface area contributed by atoms with E-state index in [0.717, 1.165) is 43.7 Å².